The van der Waals surface area contributed by atoms with Gasteiger partial charge in [0.2, 0.25) is 5.91 Å². The molecule has 7 nitrogen and oxygen atoms in total. The van der Waals surface area contributed by atoms with Crippen LogP contribution < -0.4 is 21.2 Å². The Hall–Kier alpha value is -3.09. The van der Waals surface area contributed by atoms with Crippen molar-refractivity contribution in [3.8, 4) is 11.4 Å². The van der Waals surface area contributed by atoms with Gasteiger partial charge in [0.1, 0.15) is 12.3 Å². The van der Waals surface area contributed by atoms with Crippen molar-refractivity contribution in [2.45, 2.75) is 38.6 Å². The zero-order valence-corrected chi connectivity index (χ0v) is 16.0. The molecule has 28 heavy (non-hydrogen) atoms. The van der Waals surface area contributed by atoms with Gasteiger partial charge in [-0.05, 0) is 44.2 Å². The van der Waals surface area contributed by atoms with Gasteiger partial charge in [-0.25, -0.2) is 0 Å². The quantitative estimate of drug-likeness (QED) is 0.586. The fourth-order valence-electron chi connectivity index (χ4n) is 3.36. The number of allylic oxidation sites excluding steroid dienone is 1. The van der Waals surface area contributed by atoms with E-state index in [0.29, 0.717) is 18.0 Å². The SMILES string of the molecule is COc1ccccc1-n1ccn(CC(=O)NCCC2=CCCCC2)c(=O)c1=O. The van der Waals surface area contributed by atoms with E-state index in [1.165, 1.54) is 42.5 Å². The van der Waals surface area contributed by atoms with E-state index in [1.807, 2.05) is 0 Å². The Morgan fingerprint density at radius 1 is 1.14 bits per heavy atom. The van der Waals surface area contributed by atoms with Gasteiger partial charge in [0, 0.05) is 18.9 Å². The van der Waals surface area contributed by atoms with Gasteiger partial charge in [-0.3, -0.25) is 23.5 Å². The van der Waals surface area contributed by atoms with Gasteiger partial charge in [0.25, 0.3) is 0 Å². The number of carbonyl (C=O) groups excluding carboxylic acids is 1. The minimum Gasteiger partial charge on any atom is -0.495 e. The Labute approximate surface area is 163 Å². The van der Waals surface area contributed by atoms with Crippen molar-refractivity contribution in [2.75, 3.05) is 13.7 Å². The zero-order valence-electron chi connectivity index (χ0n) is 16.0. The molecule has 0 unspecified atom stereocenters. The highest BCUT2D eigenvalue weighted by Gasteiger charge is 2.12. The Kier molecular flexibility index (Phi) is 6.47. The fourth-order valence-corrected chi connectivity index (χ4v) is 3.36. The van der Waals surface area contributed by atoms with Gasteiger partial charge < -0.3 is 10.1 Å². The van der Waals surface area contributed by atoms with Gasteiger partial charge in [0.15, 0.2) is 0 Å². The molecule has 2 aromatic rings. The molecule has 148 valence electrons. The van der Waals surface area contributed by atoms with Crippen LogP contribution in [0.5, 0.6) is 5.75 Å². The molecular weight excluding hydrogens is 358 g/mol. The number of nitrogens with zero attached hydrogens (tertiary/aromatic N) is 2. The Bertz CT molecular complexity index is 988. The molecule has 0 aliphatic heterocycles. The summed E-state index contributed by atoms with van der Waals surface area (Å²) in [5.74, 6) is 0.199. The van der Waals surface area contributed by atoms with Crippen molar-refractivity contribution in [1.29, 1.82) is 0 Å². The monoisotopic (exact) mass is 383 g/mol. The van der Waals surface area contributed by atoms with Gasteiger partial charge >= 0.3 is 11.1 Å². The molecule has 1 aliphatic rings. The average Bonchev–Trinajstić information content (AvgIpc) is 2.72. The van der Waals surface area contributed by atoms with Gasteiger partial charge in [0.05, 0.1) is 12.8 Å². The van der Waals surface area contributed by atoms with Crippen LogP contribution in [-0.2, 0) is 11.3 Å². The third kappa shape index (κ3) is 4.60. The maximum absolute atomic E-state index is 12.5. The molecule has 1 aromatic heterocycles. The van der Waals surface area contributed by atoms with Gasteiger partial charge in [-0.15, -0.1) is 0 Å². The number of hydrogen-bond acceptors (Lipinski definition) is 4. The average molecular weight is 383 g/mol. The standard InChI is InChI=1S/C21H25N3O4/c1-28-18-10-6-5-9-17(18)24-14-13-23(20(26)21(24)27)15-19(25)22-12-11-16-7-3-2-4-8-16/h5-7,9-10,13-14H,2-4,8,11-12,15H2,1H3,(H,22,25). The third-order valence-corrected chi connectivity index (χ3v) is 4.87. The second-order valence-corrected chi connectivity index (χ2v) is 6.79. The molecule has 0 fully saturated rings. The molecule has 1 heterocycles. The van der Waals surface area contributed by atoms with E-state index in [9.17, 15) is 14.4 Å². The number of benzene rings is 1. The first-order valence-corrected chi connectivity index (χ1v) is 9.50. The Balaban J connectivity index is 1.67. The van der Waals surface area contributed by atoms with E-state index >= 15 is 0 Å². The largest absolute Gasteiger partial charge is 0.495 e. The molecule has 3 rings (SSSR count). The van der Waals surface area contributed by atoms with Crippen LogP contribution in [0.3, 0.4) is 0 Å². The molecule has 1 aromatic carbocycles. The van der Waals surface area contributed by atoms with Crippen molar-refractivity contribution >= 4 is 5.91 Å². The number of rotatable bonds is 7. The lowest BCUT2D eigenvalue weighted by Gasteiger charge is -2.14. The maximum Gasteiger partial charge on any atom is 0.321 e. The van der Waals surface area contributed by atoms with Gasteiger partial charge in [-0.2, -0.15) is 0 Å². The molecule has 0 bridgehead atoms. The molecule has 1 amide bonds. The summed E-state index contributed by atoms with van der Waals surface area (Å²) in [7, 11) is 1.50. The smallest absolute Gasteiger partial charge is 0.321 e. The number of amides is 1. The molecule has 0 atom stereocenters. The van der Waals surface area contributed by atoms with Crippen molar-refractivity contribution in [1.82, 2.24) is 14.5 Å². The number of methoxy groups -OCH3 is 1. The molecule has 0 saturated heterocycles. The number of aromatic nitrogens is 2. The summed E-state index contributed by atoms with van der Waals surface area (Å²) in [6.45, 7) is 0.359. The zero-order chi connectivity index (χ0) is 19.9. The first-order valence-electron chi connectivity index (χ1n) is 9.50. The predicted octanol–water partition coefficient (Wildman–Crippen LogP) is 2.01. The molecule has 0 radical (unpaired) electrons. The van der Waals surface area contributed by atoms with Crippen molar-refractivity contribution in [3.63, 3.8) is 0 Å². The molecule has 1 aliphatic carbocycles. The summed E-state index contributed by atoms with van der Waals surface area (Å²) < 4.78 is 7.60. The van der Waals surface area contributed by atoms with Crippen LogP contribution in [0.25, 0.3) is 5.69 Å². The lowest BCUT2D eigenvalue weighted by molar-refractivity contribution is -0.121. The van der Waals surface area contributed by atoms with E-state index in [1.54, 1.807) is 24.3 Å². The molecular formula is C21H25N3O4. The van der Waals surface area contributed by atoms with Crippen LogP contribution in [0, 0.1) is 0 Å². The lowest BCUT2D eigenvalue weighted by Crippen LogP contribution is -2.42. The van der Waals surface area contributed by atoms with E-state index in [0.717, 1.165) is 23.8 Å². The molecule has 1 N–H and O–H groups in total. The van der Waals surface area contributed by atoms with E-state index in [2.05, 4.69) is 11.4 Å². The lowest BCUT2D eigenvalue weighted by atomic mass is 9.97. The number of para-hydroxylation sites is 2. The van der Waals surface area contributed by atoms with Crippen molar-refractivity contribution in [3.05, 3.63) is 69.0 Å². The highest BCUT2D eigenvalue weighted by molar-refractivity contribution is 5.75. The first kappa shape index (κ1) is 19.7. The second kappa shape index (κ2) is 9.21. The minimum atomic E-state index is -0.751. The van der Waals surface area contributed by atoms with E-state index < -0.39 is 11.1 Å². The number of ether oxygens (including phenoxy) is 1. The summed E-state index contributed by atoms with van der Waals surface area (Å²) in [5, 5.41) is 2.82. The number of nitrogens with one attached hydrogen (secondary N) is 1. The molecule has 7 heteroatoms. The summed E-state index contributed by atoms with van der Waals surface area (Å²) in [6.07, 6.45) is 10.6. The van der Waals surface area contributed by atoms with E-state index in [4.69, 9.17) is 4.74 Å². The summed E-state index contributed by atoms with van der Waals surface area (Å²) in [5.41, 5.74) is 0.373. The fraction of sp³-hybridized carbons (Fsp3) is 0.381. The van der Waals surface area contributed by atoms with Crippen molar-refractivity contribution in [2.24, 2.45) is 0 Å². The first-order chi connectivity index (χ1) is 13.6. The van der Waals surface area contributed by atoms with Crippen LogP contribution in [0.1, 0.15) is 32.1 Å². The number of carbonyl (C=O) groups is 1. The van der Waals surface area contributed by atoms with E-state index in [-0.39, 0.29) is 12.5 Å². The second-order valence-electron chi connectivity index (χ2n) is 6.79. The third-order valence-electron chi connectivity index (χ3n) is 4.87. The maximum atomic E-state index is 12.5. The van der Waals surface area contributed by atoms with Crippen LogP contribution in [-0.4, -0.2) is 28.7 Å². The van der Waals surface area contributed by atoms with Crippen molar-refractivity contribution < 1.29 is 9.53 Å². The van der Waals surface area contributed by atoms with Crippen LogP contribution in [0.4, 0.5) is 0 Å². The summed E-state index contributed by atoms with van der Waals surface area (Å²) >= 11 is 0. The Morgan fingerprint density at radius 3 is 2.71 bits per heavy atom. The predicted molar refractivity (Wildman–Crippen MR) is 107 cm³/mol. The normalized spacial score (nSPS) is 13.7. The van der Waals surface area contributed by atoms with Gasteiger partial charge in [-0.1, -0.05) is 23.8 Å². The highest BCUT2D eigenvalue weighted by atomic mass is 16.5. The Morgan fingerprint density at radius 2 is 1.96 bits per heavy atom. The van der Waals surface area contributed by atoms with Crippen LogP contribution >= 0.6 is 0 Å². The number of hydrogen-bond donors (Lipinski definition) is 1. The topological polar surface area (TPSA) is 82.3 Å². The van der Waals surface area contributed by atoms with Crippen LogP contribution in [0.2, 0.25) is 0 Å². The highest BCUT2D eigenvalue weighted by Crippen LogP contribution is 2.20. The minimum absolute atomic E-state index is 0.181. The summed E-state index contributed by atoms with van der Waals surface area (Å²) in [4.78, 5) is 37.1. The molecule has 0 spiro atoms. The summed E-state index contributed by atoms with van der Waals surface area (Å²) in [6, 6.07) is 6.94. The molecule has 0 saturated carbocycles. The van der Waals surface area contributed by atoms with Crippen LogP contribution in [0.15, 0.2) is 57.9 Å².